The van der Waals surface area contributed by atoms with Gasteiger partial charge in [0.25, 0.3) is 11.5 Å². The molecule has 3 aromatic rings. The Bertz CT molecular complexity index is 1550. The van der Waals surface area contributed by atoms with Gasteiger partial charge in [-0.15, -0.1) is 0 Å². The number of aromatic nitrogens is 1. The molecule has 4 rings (SSSR count). The molecule has 0 radical (unpaired) electrons. The largest absolute Gasteiger partial charge is 0.496 e. The van der Waals surface area contributed by atoms with Gasteiger partial charge in [0.1, 0.15) is 11.8 Å². The number of likely N-dealkylation sites (N-methyl/N-ethyl adjacent to an activating group) is 1. The smallest absolute Gasteiger partial charge is 0.271 e. The van der Waals surface area contributed by atoms with Crippen LogP contribution in [0, 0.1) is 0 Å². The van der Waals surface area contributed by atoms with Crippen molar-refractivity contribution in [3.8, 4) is 17.2 Å². The van der Waals surface area contributed by atoms with E-state index < -0.39 is 6.04 Å². The lowest BCUT2D eigenvalue weighted by Crippen LogP contribution is -2.43. The molecule has 0 bridgehead atoms. The number of carbonyl (C=O) groups is 1. The molecule has 1 aromatic heterocycles. The van der Waals surface area contributed by atoms with E-state index in [4.69, 9.17) is 19.2 Å². The molecular weight excluding hydrogens is 502 g/mol. The molecule has 8 nitrogen and oxygen atoms in total. The van der Waals surface area contributed by atoms with Gasteiger partial charge in [0.2, 0.25) is 0 Å². The third kappa shape index (κ3) is 4.98. The molecule has 0 saturated carbocycles. The summed E-state index contributed by atoms with van der Waals surface area (Å²) in [5, 5.41) is 0. The summed E-state index contributed by atoms with van der Waals surface area (Å²) in [4.78, 5) is 34.7. The van der Waals surface area contributed by atoms with E-state index in [1.54, 1.807) is 23.7 Å². The number of fused-ring (bicyclic) bond motifs is 1. The number of allylic oxidation sites excluding steroid dienone is 1. The van der Waals surface area contributed by atoms with Gasteiger partial charge in [0, 0.05) is 18.7 Å². The molecule has 1 aliphatic heterocycles. The molecule has 2 aromatic carbocycles. The van der Waals surface area contributed by atoms with Crippen LogP contribution in [0.1, 0.15) is 44.9 Å². The van der Waals surface area contributed by atoms with E-state index in [1.165, 1.54) is 11.3 Å². The Labute approximate surface area is 226 Å². The average molecular weight is 536 g/mol. The maximum Gasteiger partial charge on any atom is 0.271 e. The molecule has 0 unspecified atom stereocenters. The first-order valence-corrected chi connectivity index (χ1v) is 13.5. The van der Waals surface area contributed by atoms with Gasteiger partial charge in [-0.1, -0.05) is 35.6 Å². The van der Waals surface area contributed by atoms with E-state index >= 15 is 0 Å². The SMILES string of the molecule is CCOc1cc(/C=c2/sc3n(c2=O)[C@@H](c2ccccc2OC)C(C(=O)N(CC)CC)=C(C)N=3)ccc1OC. The maximum atomic E-state index is 14.0. The molecule has 200 valence electrons. The van der Waals surface area contributed by atoms with Crippen LogP contribution in [-0.2, 0) is 4.79 Å². The van der Waals surface area contributed by atoms with Crippen LogP contribution in [0.4, 0.5) is 0 Å². The van der Waals surface area contributed by atoms with Gasteiger partial charge in [-0.3, -0.25) is 14.2 Å². The lowest BCUT2D eigenvalue weighted by molar-refractivity contribution is -0.127. The summed E-state index contributed by atoms with van der Waals surface area (Å²) < 4.78 is 18.9. The molecule has 9 heteroatoms. The molecule has 1 aliphatic rings. The Hall–Kier alpha value is -3.85. The monoisotopic (exact) mass is 535 g/mol. The van der Waals surface area contributed by atoms with Gasteiger partial charge in [-0.25, -0.2) is 4.99 Å². The van der Waals surface area contributed by atoms with Crippen LogP contribution in [-0.4, -0.2) is 49.3 Å². The second-order valence-corrected chi connectivity index (χ2v) is 9.65. The minimum absolute atomic E-state index is 0.141. The van der Waals surface area contributed by atoms with E-state index in [-0.39, 0.29) is 11.5 Å². The Morgan fingerprint density at radius 3 is 2.42 bits per heavy atom. The fourth-order valence-electron chi connectivity index (χ4n) is 4.67. The molecule has 0 saturated heterocycles. The maximum absolute atomic E-state index is 14.0. The van der Waals surface area contributed by atoms with Gasteiger partial charge >= 0.3 is 0 Å². The van der Waals surface area contributed by atoms with Crippen molar-refractivity contribution in [2.75, 3.05) is 33.9 Å². The van der Waals surface area contributed by atoms with Crippen LogP contribution in [0.25, 0.3) is 6.08 Å². The van der Waals surface area contributed by atoms with Crippen LogP contribution in [0.3, 0.4) is 0 Å². The number of nitrogens with zero attached hydrogens (tertiary/aromatic N) is 3. The highest BCUT2D eigenvalue weighted by Gasteiger charge is 2.35. The summed E-state index contributed by atoms with van der Waals surface area (Å²) >= 11 is 1.29. The standard InChI is InChI=1S/C29H33N3O5S/c1-7-31(8-2)28(34)25-18(4)30-29-32(26(25)20-12-10-11-13-21(20)35-5)27(33)24(38-29)17-19-14-15-22(36-6)23(16-19)37-9-3/h10-17,26H,7-9H2,1-6H3/b24-17+/t26-/m0/s1. The third-order valence-corrected chi connectivity index (χ3v) is 7.50. The number of ether oxygens (including phenoxy) is 3. The van der Waals surface area contributed by atoms with E-state index in [1.807, 2.05) is 76.2 Å². The first-order chi connectivity index (χ1) is 18.4. The van der Waals surface area contributed by atoms with E-state index in [9.17, 15) is 9.59 Å². The zero-order chi connectivity index (χ0) is 27.4. The second kappa shape index (κ2) is 11.7. The summed E-state index contributed by atoms with van der Waals surface area (Å²) in [5.74, 6) is 1.68. The molecule has 0 spiro atoms. The van der Waals surface area contributed by atoms with Gasteiger partial charge in [0.05, 0.1) is 36.6 Å². The number of methoxy groups -OCH3 is 2. The minimum atomic E-state index is -0.674. The highest BCUT2D eigenvalue weighted by Crippen LogP contribution is 2.36. The van der Waals surface area contributed by atoms with E-state index in [2.05, 4.69) is 0 Å². The lowest BCUT2D eigenvalue weighted by atomic mass is 9.94. The number of benzene rings is 2. The molecular formula is C29H33N3O5S. The van der Waals surface area contributed by atoms with Gasteiger partial charge in [0.15, 0.2) is 16.3 Å². The van der Waals surface area contributed by atoms with Crippen molar-refractivity contribution in [3.63, 3.8) is 0 Å². The molecule has 0 N–H and O–H groups in total. The summed E-state index contributed by atoms with van der Waals surface area (Å²) in [7, 11) is 3.18. The Morgan fingerprint density at radius 2 is 1.76 bits per heavy atom. The normalized spacial score (nSPS) is 15.1. The zero-order valence-electron chi connectivity index (χ0n) is 22.6. The molecule has 0 aliphatic carbocycles. The van der Waals surface area contributed by atoms with Crippen molar-refractivity contribution in [1.82, 2.24) is 9.47 Å². The quantitative estimate of drug-likeness (QED) is 0.419. The second-order valence-electron chi connectivity index (χ2n) is 8.64. The van der Waals surface area contributed by atoms with Gasteiger partial charge < -0.3 is 19.1 Å². The van der Waals surface area contributed by atoms with E-state index in [0.29, 0.717) is 57.5 Å². The van der Waals surface area contributed by atoms with Gasteiger partial charge in [-0.2, -0.15) is 0 Å². The van der Waals surface area contributed by atoms with Crippen LogP contribution in [0.5, 0.6) is 17.2 Å². The first kappa shape index (κ1) is 27.2. The number of hydrogen-bond donors (Lipinski definition) is 0. The fourth-order valence-corrected chi connectivity index (χ4v) is 5.71. The Kier molecular flexibility index (Phi) is 8.36. The summed E-state index contributed by atoms with van der Waals surface area (Å²) in [5.41, 5.74) is 2.36. The summed E-state index contributed by atoms with van der Waals surface area (Å²) in [6.07, 6.45) is 1.82. The Morgan fingerprint density at radius 1 is 1.05 bits per heavy atom. The molecule has 0 fully saturated rings. The number of para-hydroxylation sites is 1. The number of carbonyl (C=O) groups excluding carboxylic acids is 1. The average Bonchev–Trinajstić information content (AvgIpc) is 3.22. The van der Waals surface area contributed by atoms with Crippen molar-refractivity contribution in [1.29, 1.82) is 0 Å². The van der Waals surface area contributed by atoms with Crippen molar-refractivity contribution in [2.24, 2.45) is 4.99 Å². The highest BCUT2D eigenvalue weighted by molar-refractivity contribution is 7.07. The predicted molar refractivity (Wildman–Crippen MR) is 149 cm³/mol. The summed E-state index contributed by atoms with van der Waals surface area (Å²) in [6, 6.07) is 12.4. The summed E-state index contributed by atoms with van der Waals surface area (Å²) in [6.45, 7) is 9.20. The third-order valence-electron chi connectivity index (χ3n) is 6.52. The van der Waals surface area contributed by atoms with Crippen molar-refractivity contribution in [3.05, 3.63) is 84.5 Å². The number of hydrogen-bond acceptors (Lipinski definition) is 7. The molecule has 2 heterocycles. The molecule has 38 heavy (non-hydrogen) atoms. The number of thiazole rings is 1. The minimum Gasteiger partial charge on any atom is -0.496 e. The van der Waals surface area contributed by atoms with Crippen LogP contribution in [0.15, 0.2) is 63.5 Å². The van der Waals surface area contributed by atoms with Crippen LogP contribution in [0.2, 0.25) is 0 Å². The predicted octanol–water partition coefficient (Wildman–Crippen LogP) is 3.52. The first-order valence-electron chi connectivity index (χ1n) is 12.6. The van der Waals surface area contributed by atoms with Crippen LogP contribution < -0.4 is 29.1 Å². The molecule has 1 amide bonds. The van der Waals surface area contributed by atoms with Crippen molar-refractivity contribution >= 4 is 23.3 Å². The van der Waals surface area contributed by atoms with Gasteiger partial charge in [-0.05, 0) is 57.5 Å². The van der Waals surface area contributed by atoms with Crippen molar-refractivity contribution < 1.29 is 19.0 Å². The van der Waals surface area contributed by atoms with Crippen LogP contribution >= 0.6 is 11.3 Å². The number of amides is 1. The zero-order valence-corrected chi connectivity index (χ0v) is 23.4. The highest BCUT2D eigenvalue weighted by atomic mass is 32.1. The molecule has 1 atom stereocenters. The number of rotatable bonds is 9. The Balaban J connectivity index is 1.96. The van der Waals surface area contributed by atoms with Crippen molar-refractivity contribution in [2.45, 2.75) is 33.7 Å². The lowest BCUT2D eigenvalue weighted by Gasteiger charge is -2.29. The van der Waals surface area contributed by atoms with E-state index in [0.717, 1.165) is 11.1 Å². The fraction of sp³-hybridized carbons (Fsp3) is 0.345. The topological polar surface area (TPSA) is 82.4 Å².